The Morgan fingerprint density at radius 2 is 1.19 bits per heavy atom. The second-order valence-electron chi connectivity index (χ2n) is 6.18. The number of nitrogens with one attached hydrogen (secondary N) is 4. The Balaban J connectivity index is 1.83. The number of likely N-dealkylation sites (N-methyl/N-ethyl adjacent to an activating group) is 1. The van der Waals surface area contributed by atoms with Gasteiger partial charge in [-0.1, -0.05) is 18.2 Å². The molecule has 2 aromatic carbocycles. The lowest BCUT2D eigenvalue weighted by molar-refractivity contribution is -0.881. The van der Waals surface area contributed by atoms with E-state index in [1.807, 2.05) is 37.3 Å². The van der Waals surface area contributed by atoms with Crippen LogP contribution in [0.2, 0.25) is 0 Å². The molecule has 0 saturated carbocycles. The summed E-state index contributed by atoms with van der Waals surface area (Å²) < 4.78 is 0. The molecule has 0 bridgehead atoms. The van der Waals surface area contributed by atoms with Crippen LogP contribution >= 0.6 is 0 Å². The van der Waals surface area contributed by atoms with Crippen LogP contribution in [-0.4, -0.2) is 37.4 Å². The first-order valence-corrected chi connectivity index (χ1v) is 8.82. The van der Waals surface area contributed by atoms with Gasteiger partial charge < -0.3 is 20.9 Å². The Kier molecular flexibility index (Phi) is 7.51. The van der Waals surface area contributed by atoms with Gasteiger partial charge >= 0.3 is 0 Å². The van der Waals surface area contributed by atoms with Crippen LogP contribution in [0.4, 0.5) is 17.1 Å². The molecule has 3 amide bonds. The Bertz CT molecular complexity index is 776. The molecule has 0 heterocycles. The quantitative estimate of drug-likeness (QED) is 0.562. The maximum absolute atomic E-state index is 12.3. The van der Waals surface area contributed by atoms with E-state index in [9.17, 15) is 14.4 Å². The molecule has 1 unspecified atom stereocenters. The minimum Gasteiger partial charge on any atom is -0.326 e. The number of para-hydroxylation sites is 1. The van der Waals surface area contributed by atoms with Crippen molar-refractivity contribution in [2.24, 2.45) is 0 Å². The molecule has 0 spiro atoms. The zero-order valence-electron chi connectivity index (χ0n) is 15.5. The number of carbonyl (C=O) groups excluding carboxylic acids is 3. The predicted octanol–water partition coefficient (Wildman–Crippen LogP) is 1.13. The zero-order chi connectivity index (χ0) is 19.6. The molecule has 0 aliphatic heterocycles. The Morgan fingerprint density at radius 3 is 1.63 bits per heavy atom. The van der Waals surface area contributed by atoms with Gasteiger partial charge in [0, 0.05) is 24.0 Å². The molecule has 4 N–H and O–H groups in total. The Labute approximate surface area is 158 Å². The fourth-order valence-electron chi connectivity index (χ4n) is 2.54. The van der Waals surface area contributed by atoms with Crippen molar-refractivity contribution in [1.29, 1.82) is 0 Å². The number of hydrogen-bond donors (Lipinski definition) is 4. The summed E-state index contributed by atoms with van der Waals surface area (Å²) in [5.41, 5.74) is 2.04. The van der Waals surface area contributed by atoms with Crippen molar-refractivity contribution in [2.75, 3.05) is 35.6 Å². The number of rotatable bonds is 8. The van der Waals surface area contributed by atoms with Crippen molar-refractivity contribution < 1.29 is 19.3 Å². The number of benzene rings is 2. The summed E-state index contributed by atoms with van der Waals surface area (Å²) in [6.45, 7) is 4.41. The van der Waals surface area contributed by atoms with Crippen molar-refractivity contribution >= 4 is 34.8 Å². The fourth-order valence-corrected chi connectivity index (χ4v) is 2.54. The summed E-state index contributed by atoms with van der Waals surface area (Å²) in [4.78, 5) is 36.3. The van der Waals surface area contributed by atoms with Gasteiger partial charge in [0.25, 0.3) is 11.8 Å². The molecule has 1 atom stereocenters. The molecule has 2 rings (SSSR count). The minimum atomic E-state index is -0.174. The van der Waals surface area contributed by atoms with E-state index in [4.69, 9.17) is 0 Å². The van der Waals surface area contributed by atoms with E-state index >= 15 is 0 Å². The lowest BCUT2D eigenvalue weighted by Crippen LogP contribution is -3.13. The van der Waals surface area contributed by atoms with Gasteiger partial charge in [-0.15, -0.1) is 0 Å². The van der Waals surface area contributed by atoms with Gasteiger partial charge in [0.1, 0.15) is 0 Å². The van der Waals surface area contributed by atoms with Gasteiger partial charge in [-0.3, -0.25) is 14.4 Å². The molecule has 0 aliphatic carbocycles. The molecule has 142 valence electrons. The molecule has 7 heteroatoms. The average molecular weight is 369 g/mol. The smallest absolute Gasteiger partial charge is 0.279 e. The van der Waals surface area contributed by atoms with Crippen LogP contribution in [-0.2, 0) is 14.4 Å². The van der Waals surface area contributed by atoms with Crippen molar-refractivity contribution in [1.82, 2.24) is 0 Å². The second-order valence-corrected chi connectivity index (χ2v) is 6.18. The SMILES string of the molecule is CC[NH+](CC(=O)Nc1ccccc1)CC(=O)Nc1ccc(NC(C)=O)cc1. The lowest BCUT2D eigenvalue weighted by Gasteiger charge is -2.17. The summed E-state index contributed by atoms with van der Waals surface area (Å²) in [6, 6.07) is 16.1. The third-order valence-electron chi connectivity index (χ3n) is 3.87. The van der Waals surface area contributed by atoms with Crippen molar-refractivity contribution in [3.8, 4) is 0 Å². The Morgan fingerprint density at radius 1 is 0.741 bits per heavy atom. The molecule has 2 aromatic rings. The van der Waals surface area contributed by atoms with Gasteiger partial charge in [-0.05, 0) is 43.3 Å². The fraction of sp³-hybridized carbons (Fsp3) is 0.250. The van der Waals surface area contributed by atoms with Crippen molar-refractivity contribution in [2.45, 2.75) is 13.8 Å². The largest absolute Gasteiger partial charge is 0.326 e. The number of hydrogen-bond acceptors (Lipinski definition) is 3. The highest BCUT2D eigenvalue weighted by atomic mass is 16.2. The van der Waals surface area contributed by atoms with Gasteiger partial charge in [0.2, 0.25) is 5.91 Å². The highest BCUT2D eigenvalue weighted by Crippen LogP contribution is 2.13. The van der Waals surface area contributed by atoms with Crippen LogP contribution in [0.3, 0.4) is 0 Å². The van der Waals surface area contributed by atoms with Gasteiger partial charge in [-0.2, -0.15) is 0 Å². The second kappa shape index (κ2) is 10.1. The van der Waals surface area contributed by atoms with Crippen LogP contribution < -0.4 is 20.9 Å². The van der Waals surface area contributed by atoms with Gasteiger partial charge in [-0.25, -0.2) is 0 Å². The average Bonchev–Trinajstić information content (AvgIpc) is 2.63. The van der Waals surface area contributed by atoms with Crippen molar-refractivity contribution in [3.63, 3.8) is 0 Å². The molecule has 7 nitrogen and oxygen atoms in total. The van der Waals surface area contributed by atoms with E-state index in [-0.39, 0.29) is 30.8 Å². The van der Waals surface area contributed by atoms with Crippen LogP contribution in [0, 0.1) is 0 Å². The summed E-state index contributed by atoms with van der Waals surface area (Å²) >= 11 is 0. The summed E-state index contributed by atoms with van der Waals surface area (Å²) in [5, 5.41) is 8.30. The number of carbonyl (C=O) groups is 3. The van der Waals surface area contributed by atoms with Crippen LogP contribution in [0.25, 0.3) is 0 Å². The van der Waals surface area contributed by atoms with E-state index in [2.05, 4.69) is 16.0 Å². The number of anilines is 3. The third-order valence-corrected chi connectivity index (χ3v) is 3.87. The highest BCUT2D eigenvalue weighted by Gasteiger charge is 2.17. The molecular weight excluding hydrogens is 344 g/mol. The van der Waals surface area contributed by atoms with Gasteiger partial charge in [0.15, 0.2) is 13.1 Å². The van der Waals surface area contributed by atoms with Gasteiger partial charge in [0.05, 0.1) is 6.54 Å². The molecule has 0 fully saturated rings. The normalized spacial score (nSPS) is 11.3. The molecule has 0 aromatic heterocycles. The monoisotopic (exact) mass is 369 g/mol. The van der Waals surface area contributed by atoms with E-state index in [0.29, 0.717) is 17.9 Å². The number of quaternary nitrogens is 1. The first-order valence-electron chi connectivity index (χ1n) is 8.82. The summed E-state index contributed by atoms with van der Waals surface area (Å²) in [5.74, 6) is -0.458. The topological polar surface area (TPSA) is 91.7 Å². The van der Waals surface area contributed by atoms with E-state index in [1.54, 1.807) is 24.3 Å². The molecular formula is C20H25N4O3+. The van der Waals surface area contributed by atoms with Crippen LogP contribution in [0.15, 0.2) is 54.6 Å². The van der Waals surface area contributed by atoms with E-state index < -0.39 is 0 Å². The van der Waals surface area contributed by atoms with Crippen molar-refractivity contribution in [3.05, 3.63) is 54.6 Å². The standard InChI is InChI=1S/C20H24N4O3/c1-3-24(13-19(26)22-16-7-5-4-6-8-16)14-20(27)23-18-11-9-17(10-12-18)21-15(2)25/h4-12H,3,13-14H2,1-2H3,(H,21,25)(H,22,26)(H,23,27)/p+1. The van der Waals surface area contributed by atoms with E-state index in [0.717, 1.165) is 10.6 Å². The van der Waals surface area contributed by atoms with E-state index in [1.165, 1.54) is 6.92 Å². The summed E-state index contributed by atoms with van der Waals surface area (Å²) in [7, 11) is 0. The van der Waals surface area contributed by atoms with Crippen LogP contribution in [0.5, 0.6) is 0 Å². The lowest BCUT2D eigenvalue weighted by atomic mass is 10.2. The summed E-state index contributed by atoms with van der Waals surface area (Å²) in [6.07, 6.45) is 0. The maximum atomic E-state index is 12.3. The maximum Gasteiger partial charge on any atom is 0.279 e. The Hall–Kier alpha value is -3.19. The highest BCUT2D eigenvalue weighted by molar-refractivity contribution is 5.93. The first kappa shape index (κ1) is 20.1. The minimum absolute atomic E-state index is 0.134. The number of amides is 3. The third kappa shape index (κ3) is 7.29. The molecule has 0 radical (unpaired) electrons. The zero-order valence-corrected chi connectivity index (χ0v) is 15.5. The molecule has 0 aliphatic rings. The van der Waals surface area contributed by atoms with Crippen LogP contribution in [0.1, 0.15) is 13.8 Å². The predicted molar refractivity (Wildman–Crippen MR) is 106 cm³/mol. The first-order chi connectivity index (χ1) is 13.0. The molecule has 27 heavy (non-hydrogen) atoms. The molecule has 0 saturated heterocycles.